The molecule has 3 aliphatic heterocycles. The summed E-state index contributed by atoms with van der Waals surface area (Å²) in [6.07, 6.45) is -1.79. The number of halogens is 7. The molecule has 4 heterocycles. The lowest BCUT2D eigenvalue weighted by molar-refractivity contribution is -0.137. The molecule has 8 rings (SSSR count). The molecular formula is C35H30F7N5O2. The second kappa shape index (κ2) is 11.3. The van der Waals surface area contributed by atoms with Gasteiger partial charge in [-0.25, -0.2) is 17.6 Å². The fourth-order valence-electron chi connectivity index (χ4n) is 7.83. The number of aromatic nitrogens is 2. The van der Waals surface area contributed by atoms with Gasteiger partial charge in [0.2, 0.25) is 0 Å². The summed E-state index contributed by atoms with van der Waals surface area (Å²) in [5.74, 6) is -1.29. The molecule has 3 saturated heterocycles. The van der Waals surface area contributed by atoms with Crippen molar-refractivity contribution in [2.24, 2.45) is 5.92 Å². The smallest absolute Gasteiger partial charge is 0.417 e. The Hall–Kier alpha value is -4.35. The third-order valence-corrected chi connectivity index (χ3v) is 10.1. The normalized spacial score (nSPS) is 27.8. The van der Waals surface area contributed by atoms with Gasteiger partial charge in [0.1, 0.15) is 36.1 Å². The van der Waals surface area contributed by atoms with E-state index in [9.17, 15) is 8.78 Å². The Kier molecular flexibility index (Phi) is 6.84. The number of benzene rings is 3. The van der Waals surface area contributed by atoms with Gasteiger partial charge in [-0.3, -0.25) is 4.90 Å². The van der Waals surface area contributed by atoms with E-state index in [0.29, 0.717) is 19.0 Å². The predicted octanol–water partition coefficient (Wildman–Crippen LogP) is 6.44. The molecule has 0 unspecified atom stereocenters. The number of anilines is 2. The van der Waals surface area contributed by atoms with Crippen molar-refractivity contribution >= 4 is 33.2 Å². The van der Waals surface area contributed by atoms with Gasteiger partial charge in [-0.15, -0.1) is 6.42 Å². The Morgan fingerprint density at radius 2 is 1.98 bits per heavy atom. The lowest BCUT2D eigenvalue weighted by Crippen LogP contribution is -2.43. The van der Waals surface area contributed by atoms with Crippen LogP contribution in [0, 0.1) is 29.9 Å². The maximum Gasteiger partial charge on any atom is 0.417 e. The molecule has 3 aromatic carbocycles. The number of terminal acetylenes is 1. The quantitative estimate of drug-likeness (QED) is 0.147. The van der Waals surface area contributed by atoms with Crippen LogP contribution in [0.15, 0.2) is 30.3 Å². The molecule has 256 valence electrons. The first-order valence-corrected chi connectivity index (χ1v) is 15.8. The molecule has 0 bridgehead atoms. The average Bonchev–Trinajstić information content (AvgIpc) is 3.42. The summed E-state index contributed by atoms with van der Waals surface area (Å²) < 4.78 is 136. The first-order chi connectivity index (χ1) is 24.1. The van der Waals surface area contributed by atoms with E-state index in [2.05, 4.69) is 15.9 Å². The van der Waals surface area contributed by atoms with E-state index in [4.69, 9.17) is 24.4 Å². The number of rotatable bonds is 5. The topological polar surface area (TPSA) is 76.7 Å². The molecule has 49 heavy (non-hydrogen) atoms. The lowest BCUT2D eigenvalue weighted by atomic mass is 9.89. The Labute approximate surface area is 279 Å². The van der Waals surface area contributed by atoms with Crippen molar-refractivity contribution in [1.29, 1.82) is 0 Å². The van der Waals surface area contributed by atoms with Gasteiger partial charge in [0.25, 0.3) is 0 Å². The van der Waals surface area contributed by atoms with Gasteiger partial charge >= 0.3 is 12.2 Å². The van der Waals surface area contributed by atoms with Crippen LogP contribution >= 0.6 is 0 Å². The van der Waals surface area contributed by atoms with E-state index in [-0.39, 0.29) is 61.4 Å². The van der Waals surface area contributed by atoms with Gasteiger partial charge < -0.3 is 20.1 Å². The standard InChI is InChI=1S/C35H30F7N5O2/c1-2-20-25(37)5-4-17-10-19(43)11-21(26(17)20)27-24(35(40,41)42)12-22-30(29(27)39)44-33(49-16-34-6-3-7-46(34)14-18(36)13-34)45-32(22)47-8-9-48-15-23-28(38)31(23)47/h1,4-5,10-12,18,23,28,31H,3,6-9,13-16,43H2/t18-,23+,28+,31+,34+/m1/s1/i16D2. The maximum atomic E-state index is 17.2. The minimum Gasteiger partial charge on any atom is -0.461 e. The Morgan fingerprint density at radius 3 is 2.76 bits per heavy atom. The Morgan fingerprint density at radius 1 is 1.16 bits per heavy atom. The average molecular weight is 688 g/mol. The molecule has 1 saturated carbocycles. The van der Waals surface area contributed by atoms with E-state index in [1.807, 2.05) is 0 Å². The van der Waals surface area contributed by atoms with Gasteiger partial charge in [-0.2, -0.15) is 23.1 Å². The highest BCUT2D eigenvalue weighted by molar-refractivity contribution is 6.06. The highest BCUT2D eigenvalue weighted by Crippen LogP contribution is 2.49. The van der Waals surface area contributed by atoms with Gasteiger partial charge in [0.05, 0.1) is 38.7 Å². The number of nitrogens with two attached hydrogens (primary N) is 1. The lowest BCUT2D eigenvalue weighted by Gasteiger charge is -2.31. The van der Waals surface area contributed by atoms with E-state index in [1.165, 1.54) is 17.0 Å². The number of nitrogen functional groups attached to an aromatic ring is 1. The highest BCUT2D eigenvalue weighted by Gasteiger charge is 2.57. The van der Waals surface area contributed by atoms with Crippen molar-refractivity contribution in [2.45, 2.75) is 49.4 Å². The van der Waals surface area contributed by atoms with Crippen molar-refractivity contribution in [3.05, 3.63) is 53.1 Å². The number of hydrogen-bond acceptors (Lipinski definition) is 7. The summed E-state index contributed by atoms with van der Waals surface area (Å²) in [7, 11) is 0. The monoisotopic (exact) mass is 687 g/mol. The van der Waals surface area contributed by atoms with E-state index >= 15 is 22.0 Å². The summed E-state index contributed by atoms with van der Waals surface area (Å²) in [6.45, 7) is -2.21. The fourth-order valence-corrected chi connectivity index (χ4v) is 7.83. The number of nitrogens with zero attached hydrogens (tertiary/aromatic N) is 4. The van der Waals surface area contributed by atoms with Crippen molar-refractivity contribution < 1.29 is 42.9 Å². The van der Waals surface area contributed by atoms with Crippen LogP contribution in [0.2, 0.25) is 0 Å². The Bertz CT molecular complexity index is 2150. The van der Waals surface area contributed by atoms with Crippen molar-refractivity contribution in [1.82, 2.24) is 14.9 Å². The molecule has 4 fully saturated rings. The van der Waals surface area contributed by atoms with Crippen LogP contribution in [0.25, 0.3) is 32.8 Å². The SMILES string of the molecule is [2H]C([2H])(Oc1nc(N2CCOC[C@H]3[C@H](F)[C@H]32)c2cc(C(F)(F)F)c(-c3cc(N)cc4ccc(F)c(C#C)c34)c(F)c2n1)[C@@]12CCCN1C[C@H](F)C2. The molecule has 5 atom stereocenters. The van der Waals surface area contributed by atoms with Crippen molar-refractivity contribution in [3.8, 4) is 29.5 Å². The first kappa shape index (κ1) is 29.6. The molecule has 0 spiro atoms. The second-order valence-corrected chi connectivity index (χ2v) is 13.0. The molecule has 1 aliphatic carbocycles. The van der Waals surface area contributed by atoms with Crippen molar-refractivity contribution in [3.63, 3.8) is 0 Å². The molecule has 4 aliphatic rings. The summed E-state index contributed by atoms with van der Waals surface area (Å²) >= 11 is 0. The molecule has 1 aromatic heterocycles. The van der Waals surface area contributed by atoms with Gasteiger partial charge in [-0.1, -0.05) is 12.0 Å². The largest absolute Gasteiger partial charge is 0.461 e. The van der Waals surface area contributed by atoms with E-state index in [0.717, 1.165) is 12.1 Å². The molecule has 4 aromatic rings. The third kappa shape index (κ3) is 5.12. The van der Waals surface area contributed by atoms with Gasteiger partial charge in [0.15, 0.2) is 5.82 Å². The van der Waals surface area contributed by atoms with E-state index < -0.39 is 93.4 Å². The van der Waals surface area contributed by atoms with Crippen LogP contribution in [0.4, 0.5) is 42.2 Å². The zero-order valence-corrected chi connectivity index (χ0v) is 25.8. The molecule has 0 amide bonds. The van der Waals surface area contributed by atoms with Crippen LogP contribution in [-0.4, -0.2) is 78.2 Å². The fraction of sp³-hybridized carbons (Fsp3) is 0.429. The van der Waals surface area contributed by atoms with Gasteiger partial charge in [0, 0.05) is 47.5 Å². The zero-order valence-electron chi connectivity index (χ0n) is 27.8. The summed E-state index contributed by atoms with van der Waals surface area (Å²) in [6, 6.07) is 3.69. The second-order valence-electron chi connectivity index (χ2n) is 13.0. The number of ether oxygens (including phenoxy) is 2. The van der Waals surface area contributed by atoms with Crippen molar-refractivity contribution in [2.75, 3.05) is 50.0 Å². The van der Waals surface area contributed by atoms with Crippen LogP contribution in [0.1, 0.15) is 33.1 Å². The van der Waals surface area contributed by atoms with Crippen LogP contribution < -0.4 is 15.4 Å². The molecule has 0 radical (unpaired) electrons. The summed E-state index contributed by atoms with van der Waals surface area (Å²) in [4.78, 5) is 11.5. The van der Waals surface area contributed by atoms with Crippen LogP contribution in [0.3, 0.4) is 0 Å². The molecule has 7 nitrogen and oxygen atoms in total. The number of fused-ring (bicyclic) bond motifs is 4. The minimum atomic E-state index is -5.21. The summed E-state index contributed by atoms with van der Waals surface area (Å²) in [5, 5.41) is -0.516. The van der Waals surface area contributed by atoms with Crippen LogP contribution in [0.5, 0.6) is 6.01 Å². The summed E-state index contributed by atoms with van der Waals surface area (Å²) in [5.41, 5.74) is 0.462. The first-order valence-electron chi connectivity index (χ1n) is 16.8. The predicted molar refractivity (Wildman–Crippen MR) is 169 cm³/mol. The minimum absolute atomic E-state index is 0.0198. The maximum absolute atomic E-state index is 17.2. The Balaban J connectivity index is 1.41. The number of hydrogen-bond donors (Lipinski definition) is 1. The van der Waals surface area contributed by atoms with E-state index in [1.54, 1.807) is 4.90 Å². The zero-order chi connectivity index (χ0) is 36.2. The molecule has 14 heteroatoms. The molecular weight excluding hydrogens is 655 g/mol. The molecule has 2 N–H and O–H groups in total. The third-order valence-electron chi connectivity index (χ3n) is 10.1. The van der Waals surface area contributed by atoms with Gasteiger partial charge in [-0.05, 0) is 54.6 Å². The van der Waals surface area contributed by atoms with Crippen LogP contribution in [-0.2, 0) is 10.9 Å². The highest BCUT2D eigenvalue weighted by atomic mass is 19.4. The number of alkyl halides is 5.